The van der Waals surface area contributed by atoms with Crippen LogP contribution < -0.4 is 0 Å². The molecule has 4 rings (SSSR count). The Hall–Kier alpha value is -3.91. The second-order valence-corrected chi connectivity index (χ2v) is 26.2. The van der Waals surface area contributed by atoms with E-state index in [1.54, 1.807) is 34.6 Å². The minimum Gasteiger partial charge on any atom is -0.465 e. The van der Waals surface area contributed by atoms with Gasteiger partial charge in [-0.05, 0) is 108 Å². The SMILES string of the molecule is CC1CCC(CCC(=O)OCC(C)(COC(=O)CCC2CCC(C)CC2)COC(=O)CCN(CCC(=O)OCC(C)(COC(=O)CCC2CCC(C)CC2)COC(=O)CCC2CCC(C)CC2)C(=O)OC(C)(C)C)CC1. The molecule has 0 atom stereocenters. The molecular formula is C61H103NO14. The number of nitrogens with zero attached hydrogens (tertiary/aromatic N) is 1. The van der Waals surface area contributed by atoms with Crippen molar-refractivity contribution in [2.24, 2.45) is 58.2 Å². The average molecular weight is 1070 g/mol. The van der Waals surface area contributed by atoms with Crippen LogP contribution in [0, 0.1) is 58.2 Å². The first-order chi connectivity index (χ1) is 35.9. The number of amides is 1. The van der Waals surface area contributed by atoms with Gasteiger partial charge in [0.2, 0.25) is 0 Å². The lowest BCUT2D eigenvalue weighted by molar-refractivity contribution is -0.163. The van der Waals surface area contributed by atoms with Crippen LogP contribution in [0.2, 0.25) is 0 Å². The smallest absolute Gasteiger partial charge is 0.410 e. The highest BCUT2D eigenvalue weighted by Gasteiger charge is 2.34. The number of carbonyl (C=O) groups excluding carboxylic acids is 7. The Bertz CT molecular complexity index is 1580. The normalized spacial score (nSPS) is 25.6. The summed E-state index contributed by atoms with van der Waals surface area (Å²) in [6, 6.07) is 0. The predicted octanol–water partition coefficient (Wildman–Crippen LogP) is 12.7. The Morgan fingerprint density at radius 3 is 0.763 bits per heavy atom. The van der Waals surface area contributed by atoms with Crippen LogP contribution in [0.15, 0.2) is 0 Å². The van der Waals surface area contributed by atoms with E-state index in [-0.39, 0.29) is 115 Å². The average Bonchev–Trinajstić information content (AvgIpc) is 3.38. The molecule has 0 unspecified atom stereocenters. The molecule has 0 bridgehead atoms. The highest BCUT2D eigenvalue weighted by molar-refractivity contribution is 5.74. The summed E-state index contributed by atoms with van der Waals surface area (Å²) in [5.41, 5.74) is -2.95. The Labute approximate surface area is 457 Å². The molecule has 1 amide bonds. The molecule has 0 heterocycles. The molecule has 15 nitrogen and oxygen atoms in total. The van der Waals surface area contributed by atoms with Crippen LogP contribution in [0.25, 0.3) is 0 Å². The molecule has 0 radical (unpaired) electrons. The summed E-state index contributed by atoms with van der Waals surface area (Å²) in [5.74, 6) is 2.13. The predicted molar refractivity (Wildman–Crippen MR) is 290 cm³/mol. The molecule has 76 heavy (non-hydrogen) atoms. The molecule has 0 aromatic rings. The molecule has 15 heteroatoms. The summed E-state index contributed by atoms with van der Waals surface area (Å²) in [6.07, 6.45) is 21.1. The molecule has 0 aliphatic heterocycles. The summed E-state index contributed by atoms with van der Waals surface area (Å²) in [4.78, 5) is 93.7. The van der Waals surface area contributed by atoms with E-state index in [4.69, 9.17) is 33.2 Å². The molecular weight excluding hydrogens is 971 g/mol. The summed E-state index contributed by atoms with van der Waals surface area (Å²) >= 11 is 0. The highest BCUT2D eigenvalue weighted by atomic mass is 16.6. The van der Waals surface area contributed by atoms with Crippen LogP contribution in [0.1, 0.15) is 229 Å². The lowest BCUT2D eigenvalue weighted by Crippen LogP contribution is -2.40. The molecule has 436 valence electrons. The fraction of sp³-hybridized carbons (Fsp3) is 0.885. The third kappa shape index (κ3) is 27.1. The van der Waals surface area contributed by atoms with Gasteiger partial charge >= 0.3 is 41.9 Å². The largest absolute Gasteiger partial charge is 0.465 e. The van der Waals surface area contributed by atoms with Crippen molar-refractivity contribution in [2.45, 2.75) is 235 Å². The van der Waals surface area contributed by atoms with Gasteiger partial charge in [0, 0.05) is 38.8 Å². The van der Waals surface area contributed by atoms with Crippen LogP contribution in [-0.4, -0.2) is 105 Å². The van der Waals surface area contributed by atoms with E-state index in [0.717, 1.165) is 128 Å². The Morgan fingerprint density at radius 2 is 0.553 bits per heavy atom. The summed E-state index contributed by atoms with van der Waals surface area (Å²) in [5, 5.41) is 0. The lowest BCUT2D eigenvalue weighted by atomic mass is 9.81. The molecule has 0 N–H and O–H groups in total. The summed E-state index contributed by atoms with van der Waals surface area (Å²) in [6.45, 7) is 16.5. The van der Waals surface area contributed by atoms with E-state index < -0.39 is 34.5 Å². The van der Waals surface area contributed by atoms with Crippen molar-refractivity contribution < 1.29 is 66.7 Å². The van der Waals surface area contributed by atoms with Gasteiger partial charge in [-0.15, -0.1) is 0 Å². The number of rotatable bonds is 30. The second kappa shape index (κ2) is 32.9. The molecule has 0 spiro atoms. The van der Waals surface area contributed by atoms with Crippen LogP contribution in [0.4, 0.5) is 4.79 Å². The van der Waals surface area contributed by atoms with E-state index in [1.807, 2.05) is 0 Å². The molecule has 4 saturated carbocycles. The Morgan fingerprint density at radius 1 is 0.342 bits per heavy atom. The van der Waals surface area contributed by atoms with E-state index in [1.165, 1.54) is 4.90 Å². The zero-order chi connectivity index (χ0) is 55.7. The van der Waals surface area contributed by atoms with E-state index >= 15 is 0 Å². The van der Waals surface area contributed by atoms with Gasteiger partial charge in [0.05, 0.1) is 23.7 Å². The van der Waals surface area contributed by atoms with Crippen molar-refractivity contribution in [1.82, 2.24) is 4.90 Å². The van der Waals surface area contributed by atoms with Crippen LogP contribution in [-0.2, 0) is 61.9 Å². The second-order valence-electron chi connectivity index (χ2n) is 26.2. The summed E-state index contributed by atoms with van der Waals surface area (Å²) < 4.78 is 40.2. The minimum absolute atomic E-state index is 0.121. The van der Waals surface area contributed by atoms with Gasteiger partial charge < -0.3 is 38.1 Å². The molecule has 4 aliphatic rings. The van der Waals surface area contributed by atoms with Crippen molar-refractivity contribution in [3.63, 3.8) is 0 Å². The van der Waals surface area contributed by atoms with Crippen molar-refractivity contribution in [1.29, 1.82) is 0 Å². The molecule has 0 aromatic heterocycles. The van der Waals surface area contributed by atoms with Crippen molar-refractivity contribution in [3.8, 4) is 0 Å². The van der Waals surface area contributed by atoms with E-state index in [0.29, 0.717) is 47.3 Å². The van der Waals surface area contributed by atoms with Crippen molar-refractivity contribution in [3.05, 3.63) is 0 Å². The number of esters is 6. The van der Waals surface area contributed by atoms with Gasteiger partial charge in [-0.1, -0.05) is 130 Å². The van der Waals surface area contributed by atoms with Gasteiger partial charge in [0.25, 0.3) is 0 Å². The van der Waals surface area contributed by atoms with Crippen LogP contribution in [0.5, 0.6) is 0 Å². The first-order valence-corrected chi connectivity index (χ1v) is 29.9. The third-order valence-electron chi connectivity index (χ3n) is 16.9. The zero-order valence-electron chi connectivity index (χ0n) is 48.8. The minimum atomic E-state index is -1.04. The first-order valence-electron chi connectivity index (χ1n) is 29.9. The molecule has 4 fully saturated rings. The van der Waals surface area contributed by atoms with Crippen molar-refractivity contribution in [2.75, 3.05) is 52.7 Å². The third-order valence-corrected chi connectivity index (χ3v) is 16.9. The maximum absolute atomic E-state index is 13.5. The summed E-state index contributed by atoms with van der Waals surface area (Å²) in [7, 11) is 0. The lowest BCUT2D eigenvalue weighted by Gasteiger charge is -2.30. The standard InChI is InChI=1S/C61H103NO14/c1-44-10-18-48(19-11-44)26-30-52(63)70-38-60(8,39-71-53(64)31-27-49-20-12-45(2)13-21-49)42-74-56(67)34-36-62(58(69)76-59(5,6)7)37-35-57(68)75-43-61(9,40-72-54(65)32-28-50-22-14-46(3)15-23-50)41-73-55(66)33-29-51-24-16-47(4)17-25-51/h44-51H,10-43H2,1-9H3. The van der Waals surface area contributed by atoms with Gasteiger partial charge in [0.15, 0.2) is 0 Å². The maximum atomic E-state index is 13.5. The van der Waals surface area contributed by atoms with Gasteiger partial charge in [-0.2, -0.15) is 0 Å². The van der Waals surface area contributed by atoms with Gasteiger partial charge in [-0.25, -0.2) is 4.79 Å². The highest BCUT2D eigenvalue weighted by Crippen LogP contribution is 2.35. The Balaban J connectivity index is 1.32. The van der Waals surface area contributed by atoms with E-state index in [9.17, 15) is 33.6 Å². The van der Waals surface area contributed by atoms with Gasteiger partial charge in [-0.3, -0.25) is 28.8 Å². The fourth-order valence-electron chi connectivity index (χ4n) is 11.0. The number of hydrogen-bond acceptors (Lipinski definition) is 14. The molecule has 0 saturated heterocycles. The van der Waals surface area contributed by atoms with Gasteiger partial charge in [0.1, 0.15) is 45.2 Å². The fourth-order valence-corrected chi connectivity index (χ4v) is 11.0. The van der Waals surface area contributed by atoms with E-state index in [2.05, 4.69) is 27.7 Å². The maximum Gasteiger partial charge on any atom is 0.410 e. The van der Waals surface area contributed by atoms with Crippen molar-refractivity contribution >= 4 is 41.9 Å². The number of ether oxygens (including phenoxy) is 7. The molecule has 4 aliphatic carbocycles. The topological polar surface area (TPSA) is 187 Å². The quantitative estimate of drug-likeness (QED) is 0.0488. The zero-order valence-corrected chi connectivity index (χ0v) is 48.8. The van der Waals surface area contributed by atoms with Crippen LogP contribution >= 0.6 is 0 Å². The monoisotopic (exact) mass is 1070 g/mol. The number of hydrogen-bond donors (Lipinski definition) is 0. The Kier molecular flexibility index (Phi) is 27.9. The molecule has 0 aromatic carbocycles. The number of carbonyl (C=O) groups is 7. The first kappa shape index (κ1) is 64.6. The van der Waals surface area contributed by atoms with Crippen LogP contribution in [0.3, 0.4) is 0 Å².